The lowest BCUT2D eigenvalue weighted by Crippen LogP contribution is -2.44. The lowest BCUT2D eigenvalue weighted by molar-refractivity contribution is -0.153. The molecule has 0 radical (unpaired) electrons. The Morgan fingerprint density at radius 2 is 1.46 bits per heavy atom. The Kier molecular flexibility index (Phi) is 7.26. The number of hydrazine groups is 1. The Balaban J connectivity index is 2.63. The summed E-state index contributed by atoms with van der Waals surface area (Å²) in [6.07, 6.45) is -0.736. The normalized spacial score (nSPS) is 11.5. The van der Waals surface area contributed by atoms with Crippen molar-refractivity contribution in [3.63, 3.8) is 0 Å². The van der Waals surface area contributed by atoms with Crippen LogP contribution in [0, 0.1) is 0 Å². The average molecular weight is 368 g/mol. The maximum absolute atomic E-state index is 12.0. The first-order chi connectivity index (χ1) is 12.0. The zero-order chi connectivity index (χ0) is 20.0. The third-order valence-corrected chi connectivity index (χ3v) is 3.24. The van der Waals surface area contributed by atoms with Crippen LogP contribution in [0.2, 0.25) is 0 Å². The van der Waals surface area contributed by atoms with Crippen LogP contribution < -0.4 is 20.3 Å². The number of benzene rings is 1. The van der Waals surface area contributed by atoms with E-state index in [9.17, 15) is 9.59 Å². The van der Waals surface area contributed by atoms with E-state index in [1.54, 1.807) is 67.0 Å². The van der Waals surface area contributed by atoms with Crippen LogP contribution in [-0.2, 0) is 19.9 Å². The number of methoxy groups -OCH3 is 2. The summed E-state index contributed by atoms with van der Waals surface area (Å²) in [4.78, 5) is 23.6. The Morgan fingerprint density at radius 1 is 0.923 bits per heavy atom. The first-order valence-electron chi connectivity index (χ1n) is 8.14. The molecule has 0 bridgehead atoms. The number of carbonyl (C=O) groups is 2. The molecule has 1 aromatic rings. The van der Waals surface area contributed by atoms with Gasteiger partial charge in [-0.05, 0) is 46.8 Å². The second-order valence-corrected chi connectivity index (χ2v) is 7.07. The van der Waals surface area contributed by atoms with Gasteiger partial charge in [0.05, 0.1) is 14.2 Å². The van der Waals surface area contributed by atoms with E-state index in [0.717, 1.165) is 0 Å². The zero-order valence-electron chi connectivity index (χ0n) is 16.4. The zero-order valence-corrected chi connectivity index (χ0v) is 16.4. The smallest absolute Gasteiger partial charge is 0.422 e. The number of amides is 1. The number of hydrogen-bond donors (Lipinski definition) is 2. The SMILES string of the molecule is COc1cc(OC)cc(C(C)(C)OC(=O)NNCC(=O)OC(C)(C)C)c1. The van der Waals surface area contributed by atoms with Gasteiger partial charge in [-0.15, -0.1) is 0 Å². The highest BCUT2D eigenvalue weighted by Gasteiger charge is 2.27. The summed E-state index contributed by atoms with van der Waals surface area (Å²) in [7, 11) is 3.08. The van der Waals surface area contributed by atoms with Gasteiger partial charge in [-0.25, -0.2) is 10.2 Å². The minimum absolute atomic E-state index is 0.181. The first kappa shape index (κ1) is 21.6. The van der Waals surface area contributed by atoms with E-state index in [1.807, 2.05) is 0 Å². The van der Waals surface area contributed by atoms with Gasteiger partial charge in [0.25, 0.3) is 0 Å². The maximum atomic E-state index is 12.0. The van der Waals surface area contributed by atoms with Crippen molar-refractivity contribution in [2.75, 3.05) is 20.8 Å². The first-order valence-corrected chi connectivity index (χ1v) is 8.14. The molecule has 0 spiro atoms. The second-order valence-electron chi connectivity index (χ2n) is 7.07. The largest absolute Gasteiger partial charge is 0.497 e. The Morgan fingerprint density at radius 3 is 1.92 bits per heavy atom. The molecule has 0 saturated carbocycles. The van der Waals surface area contributed by atoms with Gasteiger partial charge >= 0.3 is 12.1 Å². The fourth-order valence-electron chi connectivity index (χ4n) is 2.04. The number of ether oxygens (including phenoxy) is 4. The molecule has 0 saturated heterocycles. The Hall–Kier alpha value is -2.48. The molecular formula is C18H28N2O6. The minimum atomic E-state index is -0.959. The van der Waals surface area contributed by atoms with Gasteiger partial charge in [-0.1, -0.05) is 0 Å². The summed E-state index contributed by atoms with van der Waals surface area (Å²) in [5.41, 5.74) is 3.93. The number of hydrogen-bond acceptors (Lipinski definition) is 7. The highest BCUT2D eigenvalue weighted by molar-refractivity contribution is 5.73. The van der Waals surface area contributed by atoms with E-state index in [-0.39, 0.29) is 6.54 Å². The van der Waals surface area contributed by atoms with Crippen LogP contribution in [0.15, 0.2) is 18.2 Å². The molecule has 1 amide bonds. The maximum Gasteiger partial charge on any atom is 0.422 e. The number of carbonyl (C=O) groups excluding carboxylic acids is 2. The molecule has 0 aliphatic rings. The van der Waals surface area contributed by atoms with Crippen molar-refractivity contribution >= 4 is 12.1 Å². The predicted octanol–water partition coefficient (Wildman–Crippen LogP) is 2.51. The van der Waals surface area contributed by atoms with E-state index in [2.05, 4.69) is 10.9 Å². The fraction of sp³-hybridized carbons (Fsp3) is 0.556. The van der Waals surface area contributed by atoms with Crippen molar-refractivity contribution in [2.24, 2.45) is 0 Å². The highest BCUT2D eigenvalue weighted by Crippen LogP contribution is 2.32. The molecule has 1 rings (SSSR count). The third-order valence-electron chi connectivity index (χ3n) is 3.24. The molecule has 1 aromatic carbocycles. The summed E-state index contributed by atoms with van der Waals surface area (Å²) in [6, 6.07) is 5.23. The lowest BCUT2D eigenvalue weighted by atomic mass is 9.97. The van der Waals surface area contributed by atoms with Crippen LogP contribution in [0.1, 0.15) is 40.2 Å². The van der Waals surface area contributed by atoms with Crippen LogP contribution in [0.5, 0.6) is 11.5 Å². The van der Waals surface area contributed by atoms with E-state index in [4.69, 9.17) is 18.9 Å². The quantitative estimate of drug-likeness (QED) is 0.564. The van der Waals surface area contributed by atoms with Gasteiger partial charge in [0.15, 0.2) is 0 Å². The Bertz CT molecular complexity index is 615. The molecule has 8 nitrogen and oxygen atoms in total. The molecular weight excluding hydrogens is 340 g/mol. The van der Waals surface area contributed by atoms with Crippen LogP contribution in [0.3, 0.4) is 0 Å². The molecule has 0 aromatic heterocycles. The van der Waals surface area contributed by atoms with Crippen molar-refractivity contribution in [1.29, 1.82) is 0 Å². The molecule has 0 heterocycles. The van der Waals surface area contributed by atoms with Crippen molar-refractivity contribution in [2.45, 2.75) is 45.8 Å². The topological polar surface area (TPSA) is 95.1 Å². The van der Waals surface area contributed by atoms with E-state index >= 15 is 0 Å². The Labute approximate surface area is 154 Å². The second kappa shape index (κ2) is 8.75. The molecule has 0 fully saturated rings. The lowest BCUT2D eigenvalue weighted by Gasteiger charge is -2.26. The number of rotatable bonds is 7. The molecule has 0 aliphatic carbocycles. The monoisotopic (exact) mass is 368 g/mol. The van der Waals surface area contributed by atoms with E-state index < -0.39 is 23.3 Å². The van der Waals surface area contributed by atoms with Crippen LogP contribution in [-0.4, -0.2) is 38.4 Å². The highest BCUT2D eigenvalue weighted by atomic mass is 16.6. The molecule has 0 aliphatic heterocycles. The standard InChI is InChI=1S/C18H28N2O6/c1-17(2,3)25-15(21)11-19-20-16(22)26-18(4,5)12-8-13(23-6)10-14(9-12)24-7/h8-10,19H,11H2,1-7H3,(H,20,22). The summed E-state index contributed by atoms with van der Waals surface area (Å²) in [5.74, 6) is 0.675. The van der Waals surface area contributed by atoms with Gasteiger partial charge in [0, 0.05) is 11.6 Å². The van der Waals surface area contributed by atoms with Crippen molar-refractivity contribution < 1.29 is 28.5 Å². The van der Waals surface area contributed by atoms with Gasteiger partial charge in [0.1, 0.15) is 29.2 Å². The van der Waals surface area contributed by atoms with Crippen LogP contribution in [0.25, 0.3) is 0 Å². The van der Waals surface area contributed by atoms with E-state index in [1.165, 1.54) is 0 Å². The molecule has 0 unspecified atom stereocenters. The molecule has 146 valence electrons. The predicted molar refractivity (Wildman–Crippen MR) is 96.0 cm³/mol. The molecule has 2 N–H and O–H groups in total. The van der Waals surface area contributed by atoms with Crippen molar-refractivity contribution in [3.05, 3.63) is 23.8 Å². The van der Waals surface area contributed by atoms with Gasteiger partial charge in [-0.3, -0.25) is 10.2 Å². The minimum Gasteiger partial charge on any atom is -0.497 e. The summed E-state index contributed by atoms with van der Waals surface area (Å²) in [6.45, 7) is 8.57. The van der Waals surface area contributed by atoms with Gasteiger partial charge in [0.2, 0.25) is 0 Å². The van der Waals surface area contributed by atoms with Crippen LogP contribution in [0.4, 0.5) is 4.79 Å². The van der Waals surface area contributed by atoms with E-state index in [0.29, 0.717) is 17.1 Å². The molecule has 8 heteroatoms. The van der Waals surface area contributed by atoms with Crippen LogP contribution >= 0.6 is 0 Å². The summed E-state index contributed by atoms with van der Waals surface area (Å²) < 4.78 is 21.0. The number of esters is 1. The van der Waals surface area contributed by atoms with Crippen molar-refractivity contribution in [3.8, 4) is 11.5 Å². The van der Waals surface area contributed by atoms with Gasteiger partial charge in [-0.2, -0.15) is 0 Å². The molecule has 26 heavy (non-hydrogen) atoms. The average Bonchev–Trinajstić information content (AvgIpc) is 2.52. The third kappa shape index (κ3) is 7.18. The molecule has 0 atom stereocenters. The summed E-state index contributed by atoms with van der Waals surface area (Å²) in [5, 5.41) is 0. The number of nitrogens with one attached hydrogen (secondary N) is 2. The fourth-order valence-corrected chi connectivity index (χ4v) is 2.04. The van der Waals surface area contributed by atoms with Gasteiger partial charge < -0.3 is 18.9 Å². The van der Waals surface area contributed by atoms with Crippen molar-refractivity contribution in [1.82, 2.24) is 10.9 Å². The summed E-state index contributed by atoms with van der Waals surface area (Å²) >= 11 is 0.